The predicted octanol–water partition coefficient (Wildman–Crippen LogP) is 6.89. The second kappa shape index (κ2) is 13.8. The molecule has 0 bridgehead atoms. The molecule has 7 heteroatoms. The van der Waals surface area contributed by atoms with E-state index >= 15 is 0 Å². The summed E-state index contributed by atoms with van der Waals surface area (Å²) in [4.78, 5) is 0. The molecular weight excluding hydrogens is 533 g/mol. The topological polar surface area (TPSA) is 57.2 Å². The molecular formula is C33H56O5Si2. The summed E-state index contributed by atoms with van der Waals surface area (Å²) in [5.74, 6) is 0. The van der Waals surface area contributed by atoms with Crippen molar-refractivity contribution in [1.82, 2.24) is 0 Å². The van der Waals surface area contributed by atoms with E-state index in [4.69, 9.17) is 18.3 Å². The first-order valence-electron chi connectivity index (χ1n) is 14.7. The first kappa shape index (κ1) is 34.9. The molecule has 0 saturated carbocycles. The molecule has 2 rings (SSSR count). The molecule has 40 heavy (non-hydrogen) atoms. The van der Waals surface area contributed by atoms with Crippen molar-refractivity contribution in [3.63, 3.8) is 0 Å². The normalized spacial score (nSPS) is 16.4. The largest absolute Gasteiger partial charge is 0.404 e. The minimum atomic E-state index is -2.90. The second-order valence-electron chi connectivity index (χ2n) is 13.9. The molecule has 0 saturated heterocycles. The maximum Gasteiger partial charge on any atom is 0.261 e. The molecule has 0 heterocycles. The Morgan fingerprint density at radius 1 is 0.750 bits per heavy atom. The Morgan fingerprint density at radius 3 is 1.65 bits per heavy atom. The van der Waals surface area contributed by atoms with Crippen LogP contribution in [0.15, 0.2) is 60.7 Å². The van der Waals surface area contributed by atoms with Gasteiger partial charge in [0.25, 0.3) is 8.32 Å². The highest BCUT2D eigenvalue weighted by Gasteiger charge is 2.57. The summed E-state index contributed by atoms with van der Waals surface area (Å²) in [6.07, 6.45) is 2.43. The minimum absolute atomic E-state index is 0.0717. The quantitative estimate of drug-likeness (QED) is 0.140. The van der Waals surface area contributed by atoms with Crippen LogP contribution in [0.1, 0.15) is 74.7 Å². The van der Waals surface area contributed by atoms with Gasteiger partial charge < -0.3 is 23.4 Å². The summed E-state index contributed by atoms with van der Waals surface area (Å²) in [6.45, 7) is 22.5. The van der Waals surface area contributed by atoms with Crippen molar-refractivity contribution in [2.75, 3.05) is 27.1 Å². The Bertz CT molecular complexity index is 973. The number of hydrogen-bond donors (Lipinski definition) is 1. The highest BCUT2D eigenvalue weighted by Crippen LogP contribution is 2.45. The first-order valence-corrected chi connectivity index (χ1v) is 19.6. The summed E-state index contributed by atoms with van der Waals surface area (Å²) in [7, 11) is -3.68. The molecule has 226 valence electrons. The summed E-state index contributed by atoms with van der Waals surface area (Å²) in [6, 6.07) is 21.2. The van der Waals surface area contributed by atoms with Gasteiger partial charge in [0, 0.05) is 7.11 Å². The summed E-state index contributed by atoms with van der Waals surface area (Å²) in [5.41, 5.74) is -2.30. The van der Waals surface area contributed by atoms with Gasteiger partial charge in [-0.1, -0.05) is 122 Å². The van der Waals surface area contributed by atoms with E-state index in [2.05, 4.69) is 122 Å². The van der Waals surface area contributed by atoms with Gasteiger partial charge in [-0.3, -0.25) is 0 Å². The molecule has 1 N–H and O–H groups in total. The second-order valence-corrected chi connectivity index (χ2v) is 23.0. The average Bonchev–Trinajstić information content (AvgIpc) is 2.87. The zero-order chi connectivity index (χ0) is 30.3. The van der Waals surface area contributed by atoms with Crippen molar-refractivity contribution in [3.05, 3.63) is 60.7 Å². The molecule has 0 amide bonds. The third-order valence-corrected chi connectivity index (χ3v) is 18.2. The van der Waals surface area contributed by atoms with E-state index in [0.29, 0.717) is 6.42 Å². The molecule has 2 atom stereocenters. The van der Waals surface area contributed by atoms with Crippen LogP contribution in [0.25, 0.3) is 0 Å². The lowest BCUT2D eigenvalue weighted by atomic mass is 9.81. The lowest BCUT2D eigenvalue weighted by molar-refractivity contribution is -0.196. The molecule has 0 aliphatic rings. The number of unbranched alkanes of at least 4 members (excludes halogenated alkanes) is 1. The van der Waals surface area contributed by atoms with Gasteiger partial charge in [-0.25, -0.2) is 0 Å². The highest BCUT2D eigenvalue weighted by atomic mass is 28.4. The zero-order valence-electron chi connectivity index (χ0n) is 27.1. The highest BCUT2D eigenvalue weighted by molar-refractivity contribution is 6.99. The maximum absolute atomic E-state index is 12.3. The van der Waals surface area contributed by atoms with Gasteiger partial charge in [0.2, 0.25) is 0 Å². The van der Waals surface area contributed by atoms with Crippen molar-refractivity contribution >= 4 is 27.0 Å². The molecule has 5 nitrogen and oxygen atoms in total. The first-order chi connectivity index (χ1) is 18.5. The molecule has 0 unspecified atom stereocenters. The van der Waals surface area contributed by atoms with Crippen molar-refractivity contribution in [3.8, 4) is 0 Å². The van der Waals surface area contributed by atoms with Gasteiger partial charge in [-0.15, -0.1) is 0 Å². The molecule has 0 aromatic heterocycles. The number of ether oxygens (including phenoxy) is 2. The fraction of sp³-hybridized carbons (Fsp3) is 0.636. The van der Waals surface area contributed by atoms with Crippen LogP contribution in [0, 0.1) is 0 Å². The van der Waals surface area contributed by atoms with E-state index < -0.39 is 27.8 Å². The monoisotopic (exact) mass is 588 g/mol. The van der Waals surface area contributed by atoms with E-state index in [1.807, 2.05) is 6.92 Å². The van der Waals surface area contributed by atoms with E-state index in [9.17, 15) is 5.11 Å². The molecule has 0 aliphatic carbocycles. The number of aliphatic hydroxyl groups is 1. The molecule has 0 radical (unpaired) electrons. The van der Waals surface area contributed by atoms with E-state index in [1.54, 1.807) is 7.11 Å². The maximum atomic E-state index is 12.3. The van der Waals surface area contributed by atoms with Crippen molar-refractivity contribution in [2.24, 2.45) is 0 Å². The van der Waals surface area contributed by atoms with Crippen LogP contribution >= 0.6 is 0 Å². The minimum Gasteiger partial charge on any atom is -0.404 e. The lowest BCUT2D eigenvalue weighted by Gasteiger charge is -2.53. The van der Waals surface area contributed by atoms with Gasteiger partial charge in [0.1, 0.15) is 12.4 Å². The average molecular weight is 589 g/mol. The van der Waals surface area contributed by atoms with Crippen molar-refractivity contribution in [1.29, 1.82) is 0 Å². The smallest absolute Gasteiger partial charge is 0.261 e. The van der Waals surface area contributed by atoms with Crippen molar-refractivity contribution < 1.29 is 23.4 Å². The van der Waals surface area contributed by atoms with E-state index in [0.717, 1.165) is 12.8 Å². The summed E-state index contributed by atoms with van der Waals surface area (Å²) >= 11 is 0. The Hall–Kier alpha value is -1.33. The van der Waals surface area contributed by atoms with Crippen LogP contribution in [-0.2, 0) is 18.3 Å². The van der Waals surface area contributed by atoms with Gasteiger partial charge in [0.05, 0.1) is 18.8 Å². The Labute approximate surface area is 246 Å². The predicted molar refractivity (Wildman–Crippen MR) is 173 cm³/mol. The van der Waals surface area contributed by atoms with Gasteiger partial charge >= 0.3 is 0 Å². The lowest BCUT2D eigenvalue weighted by Crippen LogP contribution is -2.71. The number of hydrogen-bond acceptors (Lipinski definition) is 5. The Balaban J connectivity index is 2.80. The van der Waals surface area contributed by atoms with Crippen LogP contribution in [0.3, 0.4) is 0 Å². The third kappa shape index (κ3) is 7.74. The van der Waals surface area contributed by atoms with E-state index in [-0.39, 0.29) is 30.1 Å². The molecule has 2 aromatic carbocycles. The number of methoxy groups -OCH3 is 1. The SMILES string of the molecule is CCCC[C@@](C)(O)[C@](COCOC)(CO[Si](c1ccccc1)(c1ccccc1)C(C)(C)C)O[Si](C)(C)C(C)(C)C. The molecule has 0 fully saturated rings. The molecule has 2 aromatic rings. The Kier molecular flexibility index (Phi) is 12.0. The standard InChI is InChI=1S/C33H56O5Si2/c1-12-13-24-32(8,34)33(25-36-27-35-9,38-39(10,11)30(2,3)4)26-37-40(31(5,6)7,28-20-16-14-17-21-28)29-22-18-15-19-23-29/h14-23,34H,12-13,24-27H2,1-11H3/t32-,33+/m1/s1. The number of benzene rings is 2. The third-order valence-electron chi connectivity index (χ3n) is 8.73. The van der Waals surface area contributed by atoms with Crippen LogP contribution in [0.4, 0.5) is 0 Å². The van der Waals surface area contributed by atoms with Crippen LogP contribution in [-0.4, -0.2) is 60.1 Å². The van der Waals surface area contributed by atoms with Gasteiger partial charge in [-0.05, 0) is 46.9 Å². The molecule has 0 spiro atoms. The van der Waals surface area contributed by atoms with Gasteiger partial charge in [-0.2, -0.15) is 0 Å². The fourth-order valence-electron chi connectivity index (χ4n) is 5.19. The van der Waals surface area contributed by atoms with Crippen LogP contribution < -0.4 is 10.4 Å². The van der Waals surface area contributed by atoms with E-state index in [1.165, 1.54) is 10.4 Å². The zero-order valence-corrected chi connectivity index (χ0v) is 29.1. The molecule has 0 aliphatic heterocycles. The fourth-order valence-corrected chi connectivity index (χ4v) is 11.4. The summed E-state index contributed by atoms with van der Waals surface area (Å²) < 4.78 is 26.1. The van der Waals surface area contributed by atoms with Gasteiger partial charge in [0.15, 0.2) is 8.32 Å². The van der Waals surface area contributed by atoms with Crippen molar-refractivity contribution in [2.45, 2.75) is 109 Å². The number of rotatable bonds is 15. The summed E-state index contributed by atoms with van der Waals surface area (Å²) in [5, 5.41) is 14.4. The van der Waals surface area contributed by atoms with Crippen LogP contribution in [0.5, 0.6) is 0 Å². The van der Waals surface area contributed by atoms with Crippen LogP contribution in [0.2, 0.25) is 23.2 Å². The Morgan fingerprint density at radius 2 is 1.25 bits per heavy atom.